The molecule has 3 unspecified atom stereocenters. The second-order valence-electron chi connectivity index (χ2n) is 22.0. The second kappa shape index (κ2) is 52.6. The number of rotatable bonds is 56. The number of allylic oxidation sites excluding steroid dienone is 5. The fraction of sp³-hybridized carbons (Fsp3) is 0.885. The summed E-state index contributed by atoms with van der Waals surface area (Å²) in [7, 11) is 1.25. The van der Waals surface area contributed by atoms with Gasteiger partial charge < -0.3 is 28.8 Å². The molecule has 0 bridgehead atoms. The van der Waals surface area contributed by atoms with Crippen LogP contribution >= 0.6 is 7.82 Å². The van der Waals surface area contributed by atoms with E-state index in [1.54, 1.807) is 6.08 Å². The number of phosphoric acid groups is 1. The van der Waals surface area contributed by atoms with Crippen LogP contribution < -0.4 is 10.2 Å². The number of amides is 1. The third kappa shape index (κ3) is 54.5. The van der Waals surface area contributed by atoms with E-state index < -0.39 is 20.0 Å². The van der Waals surface area contributed by atoms with E-state index in [1.807, 2.05) is 27.2 Å². The molecule has 414 valence electrons. The highest BCUT2D eigenvalue weighted by Crippen LogP contribution is 2.38. The van der Waals surface area contributed by atoms with Crippen LogP contribution in [-0.4, -0.2) is 68.5 Å². The number of carbonyl (C=O) groups is 1. The number of phosphoric ester groups is 1. The summed E-state index contributed by atoms with van der Waals surface area (Å²) in [5.41, 5.74) is 0. The smallest absolute Gasteiger partial charge is 0.268 e. The van der Waals surface area contributed by atoms with Crippen LogP contribution in [0.25, 0.3) is 0 Å². The Morgan fingerprint density at radius 2 is 0.800 bits per heavy atom. The first kappa shape index (κ1) is 68.7. The molecule has 0 aromatic heterocycles. The predicted molar refractivity (Wildman–Crippen MR) is 302 cm³/mol. The van der Waals surface area contributed by atoms with Crippen LogP contribution in [0.5, 0.6) is 0 Å². The van der Waals surface area contributed by atoms with Crippen LogP contribution in [0.15, 0.2) is 36.5 Å². The summed E-state index contributed by atoms with van der Waals surface area (Å²) in [4.78, 5) is 25.5. The van der Waals surface area contributed by atoms with Gasteiger partial charge in [-0.25, -0.2) is 0 Å². The Kier molecular flexibility index (Phi) is 51.6. The molecule has 0 aliphatic heterocycles. The van der Waals surface area contributed by atoms with Gasteiger partial charge in [-0.3, -0.25) is 9.36 Å². The average Bonchev–Trinajstić information content (AvgIpc) is 3.32. The molecule has 0 rings (SSSR count). The third-order valence-electron chi connectivity index (χ3n) is 13.8. The van der Waals surface area contributed by atoms with Crippen molar-refractivity contribution in [2.45, 2.75) is 309 Å². The standard InChI is InChI=1S/C61H119N2O6P/c1-6-8-10-12-14-16-18-20-22-24-26-28-29-30-31-32-33-35-37-39-41-43-45-47-49-51-53-55-61(65)62-59(58-69-70(66,67)68-57-56-63(3,4)5)60(64)54-52-50-48-46-44-42-40-38-36-34-27-25-23-21-19-17-15-13-11-9-7-2/h24,26,44,46,52,54,59-60,64H,6-23,25,27-43,45,47-51,53,55-58H2,1-5H3,(H-,62,65,66,67)/b26-24-,46-44+,54-52+. The normalized spacial score (nSPS) is 14.1. The fourth-order valence-corrected chi connectivity index (χ4v) is 9.77. The van der Waals surface area contributed by atoms with Gasteiger partial charge in [0.25, 0.3) is 7.82 Å². The summed E-state index contributed by atoms with van der Waals surface area (Å²) >= 11 is 0. The topological polar surface area (TPSA) is 108 Å². The molecule has 0 aliphatic carbocycles. The highest BCUT2D eigenvalue weighted by atomic mass is 31.2. The van der Waals surface area contributed by atoms with Crippen LogP contribution in [-0.2, 0) is 18.4 Å². The minimum absolute atomic E-state index is 0.00505. The summed E-state index contributed by atoms with van der Waals surface area (Å²) in [5, 5.41) is 13.9. The monoisotopic (exact) mass is 1010 g/mol. The average molecular weight is 1010 g/mol. The number of unbranched alkanes of at least 4 members (excludes halogenated alkanes) is 39. The number of aliphatic hydroxyl groups is 1. The molecule has 70 heavy (non-hydrogen) atoms. The maximum absolute atomic E-state index is 13.0. The lowest BCUT2D eigenvalue weighted by Gasteiger charge is -2.29. The largest absolute Gasteiger partial charge is 0.756 e. The molecule has 8 nitrogen and oxygen atoms in total. The molecule has 3 atom stereocenters. The van der Waals surface area contributed by atoms with Crippen LogP contribution in [0.2, 0.25) is 0 Å². The lowest BCUT2D eigenvalue weighted by atomic mass is 10.0. The molecular weight excluding hydrogens is 888 g/mol. The number of quaternary nitrogens is 1. The molecule has 2 N–H and O–H groups in total. The van der Waals surface area contributed by atoms with E-state index in [0.717, 1.165) is 38.5 Å². The molecule has 1 amide bonds. The number of nitrogens with zero attached hydrogens (tertiary/aromatic N) is 1. The van der Waals surface area contributed by atoms with Crippen molar-refractivity contribution in [2.24, 2.45) is 0 Å². The van der Waals surface area contributed by atoms with Gasteiger partial charge in [-0.1, -0.05) is 269 Å². The Morgan fingerprint density at radius 3 is 1.16 bits per heavy atom. The van der Waals surface area contributed by atoms with Gasteiger partial charge in [-0.15, -0.1) is 0 Å². The molecule has 0 aliphatic rings. The number of nitrogens with one attached hydrogen (secondary N) is 1. The van der Waals surface area contributed by atoms with Crippen molar-refractivity contribution in [3.63, 3.8) is 0 Å². The van der Waals surface area contributed by atoms with E-state index in [-0.39, 0.29) is 19.1 Å². The second-order valence-corrected chi connectivity index (χ2v) is 23.5. The van der Waals surface area contributed by atoms with Crippen LogP contribution in [0.1, 0.15) is 296 Å². The van der Waals surface area contributed by atoms with Crippen LogP contribution in [0.4, 0.5) is 0 Å². The van der Waals surface area contributed by atoms with Crippen molar-refractivity contribution in [1.82, 2.24) is 5.32 Å². The molecule has 9 heteroatoms. The van der Waals surface area contributed by atoms with Gasteiger partial charge in [-0.05, 0) is 57.8 Å². The Balaban J connectivity index is 4.18. The summed E-state index contributed by atoms with van der Waals surface area (Å²) in [6.45, 7) is 4.67. The molecule has 0 aromatic carbocycles. The summed E-state index contributed by atoms with van der Waals surface area (Å²) < 4.78 is 23.4. The summed E-state index contributed by atoms with van der Waals surface area (Å²) in [6.07, 6.45) is 68.1. The number of hydrogen-bond acceptors (Lipinski definition) is 6. The molecule has 0 heterocycles. The Labute approximate surface area is 436 Å². The van der Waals surface area contributed by atoms with Gasteiger partial charge in [0.1, 0.15) is 13.2 Å². The van der Waals surface area contributed by atoms with E-state index in [4.69, 9.17) is 9.05 Å². The van der Waals surface area contributed by atoms with Crippen molar-refractivity contribution < 1.29 is 32.9 Å². The first-order chi connectivity index (χ1) is 34.0. The van der Waals surface area contributed by atoms with Gasteiger partial charge >= 0.3 is 0 Å². The Morgan fingerprint density at radius 1 is 0.486 bits per heavy atom. The third-order valence-corrected chi connectivity index (χ3v) is 14.8. The number of carbonyl (C=O) groups excluding carboxylic acids is 1. The lowest BCUT2D eigenvalue weighted by Crippen LogP contribution is -2.45. The maximum Gasteiger partial charge on any atom is 0.268 e. The summed E-state index contributed by atoms with van der Waals surface area (Å²) in [6, 6.07) is -0.903. The zero-order valence-electron chi connectivity index (χ0n) is 47.2. The molecule has 0 aromatic rings. The Hall–Kier alpha value is -1.28. The SMILES string of the molecule is CCCCCCCCCC/C=C\CCCCCCCCCCCCCCCCCC(=O)NC(COP(=O)([O-])OCC[N+](C)(C)C)C(O)/C=C/CC/C=C/CCCCCCCCCCCCCCCCC. The lowest BCUT2D eigenvalue weighted by molar-refractivity contribution is -0.870. The summed E-state index contributed by atoms with van der Waals surface area (Å²) in [5.74, 6) is -0.203. The molecular formula is C61H119N2O6P. The first-order valence-corrected chi connectivity index (χ1v) is 31.8. The number of likely N-dealkylation sites (N-methyl/N-ethyl adjacent to an activating group) is 1. The van der Waals surface area contributed by atoms with E-state index in [9.17, 15) is 19.4 Å². The van der Waals surface area contributed by atoms with E-state index in [2.05, 4.69) is 43.5 Å². The highest BCUT2D eigenvalue weighted by Gasteiger charge is 2.23. The zero-order chi connectivity index (χ0) is 51.3. The van der Waals surface area contributed by atoms with Gasteiger partial charge in [0.05, 0.1) is 39.9 Å². The quantitative estimate of drug-likeness (QED) is 0.0272. The Bertz CT molecular complexity index is 1230. The molecule has 0 radical (unpaired) electrons. The minimum Gasteiger partial charge on any atom is -0.756 e. The van der Waals surface area contributed by atoms with Crippen molar-refractivity contribution in [3.8, 4) is 0 Å². The number of hydrogen-bond donors (Lipinski definition) is 2. The van der Waals surface area contributed by atoms with Gasteiger partial charge in [0, 0.05) is 6.42 Å². The molecule has 0 fully saturated rings. The van der Waals surface area contributed by atoms with Crippen molar-refractivity contribution >= 4 is 13.7 Å². The van der Waals surface area contributed by atoms with E-state index in [1.165, 1.54) is 238 Å². The molecule has 0 spiro atoms. The van der Waals surface area contributed by atoms with Gasteiger partial charge in [0.15, 0.2) is 0 Å². The zero-order valence-corrected chi connectivity index (χ0v) is 48.1. The minimum atomic E-state index is -4.60. The maximum atomic E-state index is 13.0. The molecule has 0 saturated heterocycles. The van der Waals surface area contributed by atoms with Crippen LogP contribution in [0, 0.1) is 0 Å². The van der Waals surface area contributed by atoms with Crippen molar-refractivity contribution in [2.75, 3.05) is 40.9 Å². The predicted octanol–water partition coefficient (Wildman–Crippen LogP) is 17.9. The van der Waals surface area contributed by atoms with E-state index >= 15 is 0 Å². The molecule has 0 saturated carbocycles. The number of aliphatic hydroxyl groups excluding tert-OH is 1. The fourth-order valence-electron chi connectivity index (χ4n) is 9.05. The van der Waals surface area contributed by atoms with Crippen molar-refractivity contribution in [1.29, 1.82) is 0 Å². The van der Waals surface area contributed by atoms with E-state index in [0.29, 0.717) is 17.4 Å². The van der Waals surface area contributed by atoms with Gasteiger partial charge in [-0.2, -0.15) is 0 Å². The first-order valence-electron chi connectivity index (χ1n) is 30.4. The van der Waals surface area contributed by atoms with Crippen LogP contribution in [0.3, 0.4) is 0 Å². The highest BCUT2D eigenvalue weighted by molar-refractivity contribution is 7.45. The van der Waals surface area contributed by atoms with Gasteiger partial charge in [0.2, 0.25) is 5.91 Å². The van der Waals surface area contributed by atoms with Crippen molar-refractivity contribution in [3.05, 3.63) is 36.5 Å².